The van der Waals surface area contributed by atoms with Crippen LogP contribution in [0.4, 0.5) is 43.9 Å². The average molecular weight is 411 g/mol. The van der Waals surface area contributed by atoms with E-state index in [2.05, 4.69) is 0 Å². The van der Waals surface area contributed by atoms with Gasteiger partial charge in [-0.2, -0.15) is 49.2 Å². The second-order valence-electron chi connectivity index (χ2n) is 5.32. The molecule has 0 aliphatic heterocycles. The van der Waals surface area contributed by atoms with E-state index < -0.39 is 63.8 Å². The number of halogens is 10. The summed E-state index contributed by atoms with van der Waals surface area (Å²) in [4.78, 5) is 0. The van der Waals surface area contributed by atoms with Gasteiger partial charge in [0.15, 0.2) is 14.6 Å². The third kappa shape index (κ3) is 5.35. The van der Waals surface area contributed by atoms with Gasteiger partial charge in [0.1, 0.15) is 0 Å². The van der Waals surface area contributed by atoms with Gasteiger partial charge in [0.25, 0.3) is 0 Å². The highest BCUT2D eigenvalue weighted by Gasteiger charge is 2.60. The van der Waals surface area contributed by atoms with Gasteiger partial charge in [-0.25, -0.2) is 8.42 Å². The molecule has 0 aromatic carbocycles. The zero-order valence-electron chi connectivity index (χ0n) is 12.3. The van der Waals surface area contributed by atoms with Crippen molar-refractivity contribution in [1.82, 2.24) is 0 Å². The number of alkyl halides is 10. The molecule has 1 atom stereocenters. The first-order chi connectivity index (χ1) is 10.7. The smallest absolute Gasteiger partial charge is 0.227 e. The van der Waals surface area contributed by atoms with E-state index >= 15 is 0 Å². The molecule has 0 heterocycles. The molecule has 1 unspecified atom stereocenters. The maximum Gasteiger partial charge on any atom is 0.453 e. The van der Waals surface area contributed by atoms with Crippen LogP contribution in [0.5, 0.6) is 0 Å². The van der Waals surface area contributed by atoms with E-state index in [1.165, 1.54) is 0 Å². The van der Waals surface area contributed by atoms with E-state index in [0.29, 0.717) is 6.92 Å². The summed E-state index contributed by atoms with van der Waals surface area (Å²) in [5.74, 6) is -12.7. The molecule has 0 fully saturated rings. The van der Waals surface area contributed by atoms with Crippen molar-refractivity contribution in [2.45, 2.75) is 55.1 Å². The number of nitrogens with zero attached hydrogens (tertiary/aromatic N) is 1. The topological polar surface area (TPSA) is 57.9 Å². The van der Waals surface area contributed by atoms with Crippen LogP contribution in [0, 0.1) is 11.3 Å². The van der Waals surface area contributed by atoms with E-state index in [1.807, 2.05) is 0 Å². The Morgan fingerprint density at radius 2 is 1.12 bits per heavy atom. The van der Waals surface area contributed by atoms with Crippen LogP contribution in [0.3, 0.4) is 0 Å². The first-order valence-electron chi connectivity index (χ1n) is 6.25. The minimum Gasteiger partial charge on any atom is -0.227 e. The van der Waals surface area contributed by atoms with Crippen molar-refractivity contribution in [1.29, 1.82) is 5.26 Å². The molecular weight excluding hydrogens is 400 g/mol. The molecule has 0 saturated carbocycles. The number of nitriles is 1. The average Bonchev–Trinajstić information content (AvgIpc) is 2.40. The lowest BCUT2D eigenvalue weighted by Gasteiger charge is -2.27. The van der Waals surface area contributed by atoms with E-state index in [9.17, 15) is 52.3 Å². The number of rotatable bonds is 7. The zero-order chi connectivity index (χ0) is 20.5. The molecule has 0 N–H and O–H groups in total. The van der Waals surface area contributed by atoms with Crippen LogP contribution in [-0.4, -0.2) is 43.1 Å². The van der Waals surface area contributed by atoms with Gasteiger partial charge in [0.2, 0.25) is 0 Å². The standard InChI is InChI=1S/C11H11F10NO2S/c1-7(6-22,2-3-8(12,13)10(16,17)18)25(23,24)5-4-9(14,15)11(19,20)21/h2-5H2,1H3. The van der Waals surface area contributed by atoms with Gasteiger partial charge in [-0.05, 0) is 13.3 Å². The van der Waals surface area contributed by atoms with Crippen molar-refractivity contribution in [3.63, 3.8) is 0 Å². The minimum absolute atomic E-state index is 0.376. The van der Waals surface area contributed by atoms with Crippen molar-refractivity contribution in [3.8, 4) is 6.07 Å². The molecule has 0 aliphatic carbocycles. The Hall–Kier alpha value is -1.26. The molecule has 14 heteroatoms. The van der Waals surface area contributed by atoms with Crippen LogP contribution in [0.15, 0.2) is 0 Å². The fraction of sp³-hybridized carbons (Fsp3) is 0.909. The molecule has 0 radical (unpaired) electrons. The SMILES string of the molecule is CC(C#N)(CCC(F)(F)C(F)(F)F)S(=O)(=O)CCC(F)(F)C(F)(F)F. The van der Waals surface area contributed by atoms with E-state index in [-0.39, 0.29) is 0 Å². The third-order valence-corrected chi connectivity index (χ3v) is 5.76. The molecular formula is C11H11F10NO2S. The summed E-state index contributed by atoms with van der Waals surface area (Å²) in [5.41, 5.74) is 0. The number of sulfone groups is 1. The summed E-state index contributed by atoms with van der Waals surface area (Å²) in [5, 5.41) is 8.74. The van der Waals surface area contributed by atoms with Crippen molar-refractivity contribution in [2.24, 2.45) is 0 Å². The minimum atomic E-state index is -6.09. The fourth-order valence-corrected chi connectivity index (χ4v) is 2.98. The third-order valence-electron chi connectivity index (χ3n) is 3.35. The molecule has 25 heavy (non-hydrogen) atoms. The predicted molar refractivity (Wildman–Crippen MR) is 63.7 cm³/mol. The second kappa shape index (κ2) is 6.81. The lowest BCUT2D eigenvalue weighted by atomic mass is 10.0. The van der Waals surface area contributed by atoms with Gasteiger partial charge in [-0.3, -0.25) is 0 Å². The Labute approximate surface area is 135 Å². The van der Waals surface area contributed by atoms with Gasteiger partial charge in [-0.1, -0.05) is 0 Å². The highest BCUT2D eigenvalue weighted by Crippen LogP contribution is 2.42. The van der Waals surface area contributed by atoms with Gasteiger partial charge in [0.05, 0.1) is 11.8 Å². The monoisotopic (exact) mass is 411 g/mol. The maximum atomic E-state index is 12.8. The van der Waals surface area contributed by atoms with Crippen LogP contribution in [0.2, 0.25) is 0 Å². The Kier molecular flexibility index (Phi) is 6.46. The summed E-state index contributed by atoms with van der Waals surface area (Å²) < 4.78 is 144. The van der Waals surface area contributed by atoms with Crippen LogP contribution in [0.25, 0.3) is 0 Å². The van der Waals surface area contributed by atoms with Gasteiger partial charge >= 0.3 is 24.2 Å². The molecule has 3 nitrogen and oxygen atoms in total. The van der Waals surface area contributed by atoms with Crippen LogP contribution in [0.1, 0.15) is 26.2 Å². The van der Waals surface area contributed by atoms with Gasteiger partial charge in [-0.15, -0.1) is 0 Å². The Balaban J connectivity index is 5.34. The normalized spacial score (nSPS) is 17.0. The van der Waals surface area contributed by atoms with Crippen molar-refractivity contribution in [2.75, 3.05) is 5.75 Å². The van der Waals surface area contributed by atoms with Crippen molar-refractivity contribution >= 4 is 9.84 Å². The van der Waals surface area contributed by atoms with E-state index in [0.717, 1.165) is 6.07 Å². The molecule has 0 aromatic rings. The fourth-order valence-electron chi connectivity index (χ4n) is 1.45. The van der Waals surface area contributed by atoms with Crippen LogP contribution >= 0.6 is 0 Å². The summed E-state index contributed by atoms with van der Waals surface area (Å²) >= 11 is 0. The van der Waals surface area contributed by atoms with Gasteiger partial charge < -0.3 is 0 Å². The zero-order valence-corrected chi connectivity index (χ0v) is 13.1. The molecule has 0 spiro atoms. The largest absolute Gasteiger partial charge is 0.453 e. The van der Waals surface area contributed by atoms with E-state index in [4.69, 9.17) is 5.26 Å². The lowest BCUT2D eigenvalue weighted by molar-refractivity contribution is -0.284. The molecule has 0 rings (SSSR count). The molecule has 0 aromatic heterocycles. The Morgan fingerprint density at radius 1 is 0.760 bits per heavy atom. The molecule has 148 valence electrons. The molecule has 0 amide bonds. The summed E-state index contributed by atoms with van der Waals surface area (Å²) in [7, 11) is -5.18. The predicted octanol–water partition coefficient (Wildman–Crippen LogP) is 4.25. The van der Waals surface area contributed by atoms with Crippen LogP contribution < -0.4 is 0 Å². The number of hydrogen-bond donors (Lipinski definition) is 0. The first-order valence-corrected chi connectivity index (χ1v) is 7.90. The first kappa shape index (κ1) is 23.7. The van der Waals surface area contributed by atoms with Crippen LogP contribution in [-0.2, 0) is 9.84 Å². The molecule has 0 saturated heterocycles. The molecule has 0 aliphatic rings. The molecule has 0 bridgehead atoms. The summed E-state index contributed by atoms with van der Waals surface area (Å²) in [6.45, 7) is 0.376. The summed E-state index contributed by atoms with van der Waals surface area (Å²) in [6.07, 6.45) is -18.2. The highest BCUT2D eigenvalue weighted by molar-refractivity contribution is 7.93. The van der Waals surface area contributed by atoms with Crippen molar-refractivity contribution < 1.29 is 52.3 Å². The summed E-state index contributed by atoms with van der Waals surface area (Å²) in [6, 6.07) is 0.903. The highest BCUT2D eigenvalue weighted by atomic mass is 32.2. The second-order valence-corrected chi connectivity index (χ2v) is 7.85. The van der Waals surface area contributed by atoms with Crippen molar-refractivity contribution in [3.05, 3.63) is 0 Å². The lowest BCUT2D eigenvalue weighted by Crippen LogP contribution is -2.44. The van der Waals surface area contributed by atoms with E-state index in [1.54, 1.807) is 0 Å². The Bertz CT molecular complexity index is 616. The van der Waals surface area contributed by atoms with Gasteiger partial charge in [0, 0.05) is 12.8 Å². The maximum absolute atomic E-state index is 12.8. The Morgan fingerprint density at radius 3 is 1.44 bits per heavy atom. The quantitative estimate of drug-likeness (QED) is 0.589. The number of hydrogen-bond acceptors (Lipinski definition) is 3.